The zero-order valence-corrected chi connectivity index (χ0v) is 11.5. The van der Waals surface area contributed by atoms with Gasteiger partial charge in [0.2, 0.25) is 0 Å². The Morgan fingerprint density at radius 1 is 1.24 bits per heavy atom. The Morgan fingerprint density at radius 2 is 1.82 bits per heavy atom. The Kier molecular flexibility index (Phi) is 3.15. The van der Waals surface area contributed by atoms with E-state index in [2.05, 4.69) is 20.9 Å². The summed E-state index contributed by atoms with van der Waals surface area (Å²) in [6.07, 6.45) is 1.74. The number of ether oxygens (including phenoxy) is 1. The molecule has 0 saturated heterocycles. The van der Waals surface area contributed by atoms with Crippen LogP contribution in [0.2, 0.25) is 0 Å². The number of esters is 1. The van der Waals surface area contributed by atoms with Gasteiger partial charge in [-0.05, 0) is 36.6 Å². The van der Waals surface area contributed by atoms with Gasteiger partial charge in [-0.25, -0.2) is 9.79 Å². The second-order valence-electron chi connectivity index (χ2n) is 4.02. The van der Waals surface area contributed by atoms with E-state index in [1.807, 2.05) is 26.0 Å². The van der Waals surface area contributed by atoms with Crippen molar-refractivity contribution >= 4 is 33.9 Å². The lowest BCUT2D eigenvalue weighted by molar-refractivity contribution is -0.130. The summed E-state index contributed by atoms with van der Waals surface area (Å²) in [5.74, 6) is 0.00697. The summed E-state index contributed by atoms with van der Waals surface area (Å²) >= 11 is 3.51. The van der Waals surface area contributed by atoms with Crippen LogP contribution >= 0.6 is 15.9 Å². The van der Waals surface area contributed by atoms with Gasteiger partial charge in [0, 0.05) is 11.4 Å². The summed E-state index contributed by atoms with van der Waals surface area (Å²) in [6, 6.07) is 4.00. The maximum atomic E-state index is 11.4. The number of cyclic esters (lactones) is 1. The van der Waals surface area contributed by atoms with Gasteiger partial charge >= 0.3 is 5.97 Å². The number of carbonyl (C=O) groups is 1. The van der Waals surface area contributed by atoms with Crippen LogP contribution in [0.3, 0.4) is 0 Å². The molecule has 0 spiro atoms. The number of hydrogen-bond donors (Lipinski definition) is 0. The number of benzene rings is 1. The molecule has 0 N–H and O–H groups in total. The molecule has 0 saturated carbocycles. The topological polar surface area (TPSA) is 38.7 Å². The van der Waals surface area contributed by atoms with E-state index in [1.54, 1.807) is 13.0 Å². The second-order valence-corrected chi connectivity index (χ2v) is 4.81. The molecule has 0 bridgehead atoms. The van der Waals surface area contributed by atoms with Gasteiger partial charge in [-0.15, -0.1) is 0 Å². The first-order valence-electron chi connectivity index (χ1n) is 5.23. The van der Waals surface area contributed by atoms with E-state index in [9.17, 15) is 4.79 Å². The van der Waals surface area contributed by atoms with Gasteiger partial charge in [-0.3, -0.25) is 0 Å². The van der Waals surface area contributed by atoms with Crippen molar-refractivity contribution in [3.63, 3.8) is 0 Å². The van der Waals surface area contributed by atoms with Gasteiger partial charge in [0.05, 0.1) is 0 Å². The summed E-state index contributed by atoms with van der Waals surface area (Å²) in [6.45, 7) is 5.69. The number of rotatable bonds is 1. The summed E-state index contributed by atoms with van der Waals surface area (Å²) in [7, 11) is 0. The van der Waals surface area contributed by atoms with E-state index < -0.39 is 0 Å². The smallest absolute Gasteiger partial charge is 0.363 e. The van der Waals surface area contributed by atoms with Crippen molar-refractivity contribution in [3.8, 4) is 0 Å². The zero-order chi connectivity index (χ0) is 12.6. The van der Waals surface area contributed by atoms with Crippen LogP contribution in [0, 0.1) is 13.8 Å². The second kappa shape index (κ2) is 4.45. The highest BCUT2D eigenvalue weighted by molar-refractivity contribution is 9.10. The summed E-state index contributed by atoms with van der Waals surface area (Å²) in [5.41, 5.74) is 3.56. The van der Waals surface area contributed by atoms with Crippen LogP contribution in [0.15, 0.2) is 27.3 Å². The van der Waals surface area contributed by atoms with Crippen LogP contribution in [0.1, 0.15) is 23.6 Å². The van der Waals surface area contributed by atoms with Gasteiger partial charge in [0.15, 0.2) is 11.6 Å². The molecule has 1 aromatic carbocycles. The van der Waals surface area contributed by atoms with Crippen molar-refractivity contribution in [1.82, 2.24) is 0 Å². The number of aliphatic imine (C=N–C) groups is 1. The molecule has 17 heavy (non-hydrogen) atoms. The molecule has 88 valence electrons. The van der Waals surface area contributed by atoms with Gasteiger partial charge in [0.1, 0.15) is 0 Å². The lowest BCUT2D eigenvalue weighted by atomic mass is 10.1. The third-order valence-electron chi connectivity index (χ3n) is 2.49. The molecule has 0 amide bonds. The maximum Gasteiger partial charge on any atom is 0.363 e. The Morgan fingerprint density at radius 3 is 2.29 bits per heavy atom. The maximum absolute atomic E-state index is 11.4. The van der Waals surface area contributed by atoms with Crippen LogP contribution in [0.4, 0.5) is 0 Å². The lowest BCUT2D eigenvalue weighted by Gasteiger charge is -2.04. The third-order valence-corrected chi connectivity index (χ3v) is 3.74. The molecule has 0 aliphatic carbocycles. The standard InChI is InChI=1S/C13H12BrNO2/c1-7-4-10(5-8(2)12(7)14)6-11-13(16)17-9(3)15-11/h4-6H,1-3H3/b11-6-. The Hall–Kier alpha value is -1.42. The van der Waals surface area contributed by atoms with Gasteiger partial charge < -0.3 is 4.74 Å². The van der Waals surface area contributed by atoms with Gasteiger partial charge in [0.25, 0.3) is 0 Å². The minimum atomic E-state index is -0.388. The van der Waals surface area contributed by atoms with Crippen molar-refractivity contribution in [2.75, 3.05) is 0 Å². The summed E-state index contributed by atoms with van der Waals surface area (Å²) in [4.78, 5) is 15.5. The molecule has 1 aromatic rings. The van der Waals surface area contributed by atoms with E-state index in [0.717, 1.165) is 21.2 Å². The minimum Gasteiger partial charge on any atom is -0.407 e. The van der Waals surface area contributed by atoms with E-state index in [1.165, 1.54) is 0 Å². The molecular weight excluding hydrogens is 282 g/mol. The molecule has 0 unspecified atom stereocenters. The van der Waals surface area contributed by atoms with E-state index >= 15 is 0 Å². The van der Waals surface area contributed by atoms with Gasteiger partial charge in [-0.2, -0.15) is 0 Å². The number of halogens is 1. The predicted molar refractivity (Wildman–Crippen MR) is 70.8 cm³/mol. The van der Waals surface area contributed by atoms with Crippen molar-refractivity contribution in [2.24, 2.45) is 4.99 Å². The number of carbonyl (C=O) groups excluding carboxylic acids is 1. The van der Waals surface area contributed by atoms with Crippen molar-refractivity contribution in [1.29, 1.82) is 0 Å². The fourth-order valence-corrected chi connectivity index (χ4v) is 1.97. The first-order valence-corrected chi connectivity index (χ1v) is 6.02. The van der Waals surface area contributed by atoms with E-state index in [-0.39, 0.29) is 5.97 Å². The first-order chi connectivity index (χ1) is 7.97. The van der Waals surface area contributed by atoms with Crippen molar-refractivity contribution in [2.45, 2.75) is 20.8 Å². The monoisotopic (exact) mass is 293 g/mol. The van der Waals surface area contributed by atoms with Crippen LogP contribution < -0.4 is 0 Å². The number of nitrogens with zero attached hydrogens (tertiary/aromatic N) is 1. The Labute approximate surface area is 108 Å². The van der Waals surface area contributed by atoms with Crippen LogP contribution in [0.25, 0.3) is 6.08 Å². The van der Waals surface area contributed by atoms with Gasteiger partial charge in [-0.1, -0.05) is 28.1 Å². The molecule has 1 heterocycles. The van der Waals surface area contributed by atoms with E-state index in [4.69, 9.17) is 4.74 Å². The van der Waals surface area contributed by atoms with E-state index in [0.29, 0.717) is 11.6 Å². The fraction of sp³-hybridized carbons (Fsp3) is 0.231. The van der Waals surface area contributed by atoms with Crippen molar-refractivity contribution in [3.05, 3.63) is 39.0 Å². The average Bonchev–Trinajstić information content (AvgIpc) is 2.54. The summed E-state index contributed by atoms with van der Waals surface area (Å²) < 4.78 is 5.95. The fourth-order valence-electron chi connectivity index (χ4n) is 1.74. The molecule has 0 radical (unpaired) electrons. The first kappa shape index (κ1) is 12.0. The average molecular weight is 294 g/mol. The normalized spacial score (nSPS) is 17.3. The highest BCUT2D eigenvalue weighted by Gasteiger charge is 2.19. The molecule has 2 rings (SSSR count). The highest BCUT2D eigenvalue weighted by Crippen LogP contribution is 2.24. The third kappa shape index (κ3) is 2.47. The van der Waals surface area contributed by atoms with Crippen LogP contribution in [-0.2, 0) is 9.53 Å². The molecule has 0 aromatic heterocycles. The molecule has 1 aliphatic rings. The SMILES string of the molecule is CC1=N/C(=C\c2cc(C)c(Br)c(C)c2)C(=O)O1. The zero-order valence-electron chi connectivity index (χ0n) is 9.87. The number of aryl methyl sites for hydroxylation is 2. The molecule has 3 nitrogen and oxygen atoms in total. The molecule has 0 fully saturated rings. The summed E-state index contributed by atoms with van der Waals surface area (Å²) in [5, 5.41) is 0. The molecule has 1 aliphatic heterocycles. The van der Waals surface area contributed by atoms with Crippen LogP contribution in [0.5, 0.6) is 0 Å². The molecule has 4 heteroatoms. The number of hydrogen-bond acceptors (Lipinski definition) is 3. The Balaban J connectivity index is 2.43. The lowest BCUT2D eigenvalue weighted by Crippen LogP contribution is -1.99. The van der Waals surface area contributed by atoms with Crippen LogP contribution in [-0.4, -0.2) is 11.9 Å². The van der Waals surface area contributed by atoms with Crippen molar-refractivity contribution < 1.29 is 9.53 Å². The minimum absolute atomic E-state index is 0.351. The highest BCUT2D eigenvalue weighted by atomic mass is 79.9. The predicted octanol–water partition coefficient (Wildman–Crippen LogP) is 3.38. The quantitative estimate of drug-likeness (QED) is 0.588. The molecule has 0 atom stereocenters. The molecular formula is C13H12BrNO2. The largest absolute Gasteiger partial charge is 0.407 e. The Bertz CT molecular complexity index is 536.